The zero-order chi connectivity index (χ0) is 13.3. The fraction of sp³-hybridized carbons (Fsp3) is 0.300. The van der Waals surface area contributed by atoms with Gasteiger partial charge in [-0.3, -0.25) is 4.79 Å². The van der Waals surface area contributed by atoms with Crippen LogP contribution in [0.3, 0.4) is 0 Å². The molecule has 0 radical (unpaired) electrons. The third-order valence-electron chi connectivity index (χ3n) is 2.12. The van der Waals surface area contributed by atoms with Gasteiger partial charge in [-0.15, -0.1) is 0 Å². The summed E-state index contributed by atoms with van der Waals surface area (Å²) in [6.45, 7) is 1.37. The van der Waals surface area contributed by atoms with Gasteiger partial charge in [-0.2, -0.15) is 0 Å². The number of Topliss-reactive ketones (excluding diaryl/α,β-unsaturated/α-hetero) is 1. The van der Waals surface area contributed by atoms with Crippen molar-refractivity contribution in [3.8, 4) is 0 Å². The highest BCUT2D eigenvalue weighted by atomic mass is 79.9. The average molecular weight is 344 g/mol. The van der Waals surface area contributed by atoms with Crippen LogP contribution >= 0.6 is 27.5 Å². The van der Waals surface area contributed by atoms with Crippen molar-refractivity contribution in [2.24, 2.45) is 0 Å². The number of halogens is 3. The Morgan fingerprint density at radius 3 is 2.59 bits per heavy atom. The number of benzene rings is 1. The molecule has 7 heteroatoms. The third-order valence-corrected chi connectivity index (χ3v) is 6.57. The van der Waals surface area contributed by atoms with Crippen LogP contribution in [0, 0.1) is 5.82 Å². The van der Waals surface area contributed by atoms with E-state index < -0.39 is 24.6 Å². The summed E-state index contributed by atoms with van der Waals surface area (Å²) >= 11 is 8.42. The molecule has 0 fully saturated rings. The first kappa shape index (κ1) is 14.6. The molecule has 0 saturated carbocycles. The largest absolute Gasteiger partial charge is 0.290 e. The molecule has 1 aromatic carbocycles. The maximum Gasteiger partial charge on any atom is 0.261 e. The van der Waals surface area contributed by atoms with Gasteiger partial charge >= 0.3 is 0 Å². The Morgan fingerprint density at radius 1 is 1.53 bits per heavy atom. The monoisotopic (exact) mass is 342 g/mol. The standard InChI is InChI=1S/C10H9BrClFO3S/c1-2-17(15,16)10(11,12)9(14)7-4-3-5-8(13)6-7/h3-6H,2H2,1H3/t10-/m1/s1. The number of ketones is 1. The van der Waals surface area contributed by atoms with Crippen LogP contribution < -0.4 is 0 Å². The van der Waals surface area contributed by atoms with E-state index in [2.05, 4.69) is 15.9 Å². The maximum absolute atomic E-state index is 12.9. The van der Waals surface area contributed by atoms with Crippen LogP contribution in [-0.2, 0) is 9.84 Å². The van der Waals surface area contributed by atoms with E-state index in [1.807, 2.05) is 0 Å². The summed E-state index contributed by atoms with van der Waals surface area (Å²) in [5, 5.41) is 0. The van der Waals surface area contributed by atoms with E-state index in [0.29, 0.717) is 0 Å². The summed E-state index contributed by atoms with van der Waals surface area (Å²) in [6.07, 6.45) is 0. The molecule has 0 aliphatic heterocycles. The summed E-state index contributed by atoms with van der Waals surface area (Å²) in [5.41, 5.74) is -0.103. The van der Waals surface area contributed by atoms with Gasteiger partial charge in [-0.25, -0.2) is 12.8 Å². The highest BCUT2D eigenvalue weighted by molar-refractivity contribution is 9.12. The lowest BCUT2D eigenvalue weighted by Gasteiger charge is -2.18. The van der Waals surface area contributed by atoms with E-state index >= 15 is 0 Å². The van der Waals surface area contributed by atoms with Gasteiger partial charge in [-0.05, 0) is 28.1 Å². The summed E-state index contributed by atoms with van der Waals surface area (Å²) in [4.78, 5) is 11.9. The molecule has 1 atom stereocenters. The molecular formula is C10H9BrClFO3S. The highest BCUT2D eigenvalue weighted by Gasteiger charge is 2.45. The fourth-order valence-corrected chi connectivity index (χ4v) is 3.24. The first-order chi connectivity index (χ1) is 7.72. The second-order valence-electron chi connectivity index (χ2n) is 3.26. The lowest BCUT2D eigenvalue weighted by Crippen LogP contribution is -2.36. The molecule has 0 amide bonds. The quantitative estimate of drug-likeness (QED) is 0.624. The van der Waals surface area contributed by atoms with E-state index in [9.17, 15) is 17.6 Å². The van der Waals surface area contributed by atoms with E-state index in [1.54, 1.807) is 0 Å². The zero-order valence-electron chi connectivity index (χ0n) is 8.78. The Bertz CT molecular complexity index is 542. The van der Waals surface area contributed by atoms with Crippen LogP contribution in [0.4, 0.5) is 4.39 Å². The molecule has 1 rings (SSSR count). The van der Waals surface area contributed by atoms with E-state index in [4.69, 9.17) is 11.6 Å². The predicted octanol–water partition coefficient (Wildman–Crippen LogP) is 2.73. The molecule has 3 nitrogen and oxygen atoms in total. The number of hydrogen-bond donors (Lipinski definition) is 0. The van der Waals surface area contributed by atoms with Crippen molar-refractivity contribution < 1.29 is 17.6 Å². The summed E-state index contributed by atoms with van der Waals surface area (Å²) in [7, 11) is -3.85. The molecule has 94 valence electrons. The summed E-state index contributed by atoms with van der Waals surface area (Å²) < 4.78 is 33.9. The van der Waals surface area contributed by atoms with Crippen LogP contribution in [0.15, 0.2) is 24.3 Å². The van der Waals surface area contributed by atoms with Crippen molar-refractivity contribution in [3.63, 3.8) is 0 Å². The normalized spacial score (nSPS) is 15.3. The molecule has 17 heavy (non-hydrogen) atoms. The first-order valence-corrected chi connectivity index (χ1v) is 7.45. The number of alkyl halides is 2. The zero-order valence-corrected chi connectivity index (χ0v) is 11.9. The Labute approximate surface area is 112 Å². The predicted molar refractivity (Wildman–Crippen MR) is 67.7 cm³/mol. The minimum absolute atomic E-state index is 0.103. The summed E-state index contributed by atoms with van der Waals surface area (Å²) in [5.74, 6) is -1.84. The molecule has 0 spiro atoms. The molecule has 0 unspecified atom stereocenters. The molecule has 0 saturated heterocycles. The highest BCUT2D eigenvalue weighted by Crippen LogP contribution is 2.35. The minimum Gasteiger partial charge on any atom is -0.290 e. The van der Waals surface area contributed by atoms with E-state index in [0.717, 1.165) is 12.1 Å². The number of carbonyl (C=O) groups is 1. The molecule has 0 bridgehead atoms. The van der Waals surface area contributed by atoms with Crippen LogP contribution in [-0.4, -0.2) is 23.1 Å². The molecule has 0 N–H and O–H groups in total. The molecule has 0 aromatic heterocycles. The SMILES string of the molecule is CCS(=O)(=O)[C@@](Cl)(Br)C(=O)c1cccc(F)c1. The van der Waals surface area contributed by atoms with E-state index in [1.165, 1.54) is 19.1 Å². The second kappa shape index (κ2) is 5.04. The van der Waals surface area contributed by atoms with Crippen molar-refractivity contribution in [2.75, 3.05) is 5.75 Å². The molecule has 0 heterocycles. The van der Waals surface area contributed by atoms with Gasteiger partial charge < -0.3 is 0 Å². The lowest BCUT2D eigenvalue weighted by molar-refractivity contribution is 0.0999. The van der Waals surface area contributed by atoms with Gasteiger partial charge in [0.05, 0.1) is 5.75 Å². The molecular weight excluding hydrogens is 335 g/mol. The van der Waals surface area contributed by atoms with Gasteiger partial charge in [0, 0.05) is 5.56 Å². The number of carbonyl (C=O) groups excluding carboxylic acids is 1. The second-order valence-corrected chi connectivity index (χ2v) is 8.64. The molecule has 0 aliphatic carbocycles. The Kier molecular flexibility index (Phi) is 4.33. The van der Waals surface area contributed by atoms with E-state index in [-0.39, 0.29) is 11.3 Å². The third kappa shape index (κ3) is 2.86. The lowest BCUT2D eigenvalue weighted by atomic mass is 10.1. The van der Waals surface area contributed by atoms with Crippen LogP contribution in [0.1, 0.15) is 17.3 Å². The maximum atomic E-state index is 12.9. The van der Waals surface area contributed by atoms with Gasteiger partial charge in [0.2, 0.25) is 5.78 Å². The first-order valence-electron chi connectivity index (χ1n) is 4.63. The number of sulfone groups is 1. The fourth-order valence-electron chi connectivity index (χ4n) is 1.12. The minimum atomic E-state index is -3.85. The average Bonchev–Trinajstić information content (AvgIpc) is 2.27. The van der Waals surface area contributed by atoms with Gasteiger partial charge in [-0.1, -0.05) is 30.7 Å². The van der Waals surface area contributed by atoms with Crippen LogP contribution in [0.5, 0.6) is 0 Å². The van der Waals surface area contributed by atoms with Crippen molar-refractivity contribution >= 4 is 43.2 Å². The number of hydrogen-bond acceptors (Lipinski definition) is 3. The van der Waals surface area contributed by atoms with Gasteiger partial charge in [0.15, 0.2) is 9.84 Å². The summed E-state index contributed by atoms with van der Waals surface area (Å²) in [6, 6.07) is 4.69. The van der Waals surface area contributed by atoms with Crippen LogP contribution in [0.25, 0.3) is 0 Å². The van der Waals surface area contributed by atoms with Gasteiger partial charge in [0.25, 0.3) is 3.12 Å². The Hall–Kier alpha value is -0.460. The topological polar surface area (TPSA) is 51.2 Å². The molecule has 0 aliphatic rings. The molecule has 1 aromatic rings. The Balaban J connectivity index is 3.23. The Morgan fingerprint density at radius 2 is 2.12 bits per heavy atom. The smallest absolute Gasteiger partial charge is 0.261 e. The van der Waals surface area contributed by atoms with Crippen molar-refractivity contribution in [3.05, 3.63) is 35.6 Å². The number of rotatable bonds is 4. The van der Waals surface area contributed by atoms with Gasteiger partial charge in [0.1, 0.15) is 5.82 Å². The van der Waals surface area contributed by atoms with Crippen molar-refractivity contribution in [1.29, 1.82) is 0 Å². The van der Waals surface area contributed by atoms with Crippen molar-refractivity contribution in [2.45, 2.75) is 10.0 Å². The van der Waals surface area contributed by atoms with Crippen LogP contribution in [0.2, 0.25) is 0 Å². The van der Waals surface area contributed by atoms with Crippen molar-refractivity contribution in [1.82, 2.24) is 0 Å².